The Hall–Kier alpha value is -1.46. The van der Waals surface area contributed by atoms with E-state index in [2.05, 4.69) is 43.8 Å². The Kier molecular flexibility index (Phi) is 5.31. The van der Waals surface area contributed by atoms with Crippen LogP contribution in [0.4, 0.5) is 4.39 Å². The van der Waals surface area contributed by atoms with Crippen molar-refractivity contribution in [2.45, 2.75) is 6.54 Å². The smallest absolute Gasteiger partial charge is 0.252 e. The summed E-state index contributed by atoms with van der Waals surface area (Å²) in [5.74, 6) is -0.791. The van der Waals surface area contributed by atoms with E-state index >= 15 is 0 Å². The second kappa shape index (κ2) is 7.00. The lowest BCUT2D eigenvalue weighted by molar-refractivity contribution is 0.0950. The van der Waals surface area contributed by atoms with Gasteiger partial charge in [0.2, 0.25) is 0 Å². The Bertz CT molecular complexity index is 743. The molecule has 6 heteroatoms. The summed E-state index contributed by atoms with van der Waals surface area (Å²) in [5.41, 5.74) is 1.09. The zero-order valence-corrected chi connectivity index (χ0v) is 14.4. The van der Waals surface area contributed by atoms with Crippen molar-refractivity contribution >= 4 is 44.4 Å². The number of benzene rings is 2. The molecule has 2 aromatic rings. The average molecular weight is 459 g/mol. The average Bonchev–Trinajstić information content (AvgIpc) is 2.48. The van der Waals surface area contributed by atoms with Crippen molar-refractivity contribution < 1.29 is 9.18 Å². The molecular weight excluding hydrogens is 450 g/mol. The quantitative estimate of drug-likeness (QED) is 0.707. The van der Waals surface area contributed by atoms with Crippen molar-refractivity contribution in [1.29, 1.82) is 5.26 Å². The lowest BCUT2D eigenvalue weighted by atomic mass is 10.1. The molecule has 0 saturated heterocycles. The molecule has 0 unspecified atom stereocenters. The summed E-state index contributed by atoms with van der Waals surface area (Å²) < 4.78 is 15.3. The van der Waals surface area contributed by atoms with Crippen LogP contribution in [0.1, 0.15) is 21.5 Å². The third kappa shape index (κ3) is 4.02. The number of amides is 1. The van der Waals surface area contributed by atoms with E-state index in [4.69, 9.17) is 5.26 Å². The Morgan fingerprint density at radius 2 is 2.10 bits per heavy atom. The molecule has 0 heterocycles. The van der Waals surface area contributed by atoms with E-state index in [0.717, 1.165) is 9.64 Å². The van der Waals surface area contributed by atoms with E-state index in [1.807, 2.05) is 12.1 Å². The van der Waals surface area contributed by atoms with Crippen LogP contribution in [-0.4, -0.2) is 5.91 Å². The standard InChI is InChI=1S/C15H9BrFIN2O/c16-13-4-3-11(18)6-12(13)15(21)20-8-10-2-1-9(7-19)5-14(10)17/h1-6H,8H2,(H,20,21). The van der Waals surface area contributed by atoms with Gasteiger partial charge in [0.25, 0.3) is 5.91 Å². The van der Waals surface area contributed by atoms with Crippen LogP contribution >= 0.6 is 38.5 Å². The summed E-state index contributed by atoms with van der Waals surface area (Å²) in [6.07, 6.45) is 0. The van der Waals surface area contributed by atoms with E-state index in [-0.39, 0.29) is 18.0 Å². The summed E-state index contributed by atoms with van der Waals surface area (Å²) >= 11 is 5.43. The number of rotatable bonds is 3. The molecule has 1 amide bonds. The van der Waals surface area contributed by atoms with Gasteiger partial charge in [-0.3, -0.25) is 4.79 Å². The van der Waals surface area contributed by atoms with Gasteiger partial charge in [0.15, 0.2) is 0 Å². The number of hydrogen-bond donors (Lipinski definition) is 1. The van der Waals surface area contributed by atoms with Crippen molar-refractivity contribution in [2.24, 2.45) is 0 Å². The van der Waals surface area contributed by atoms with Gasteiger partial charge in [-0.2, -0.15) is 5.26 Å². The first kappa shape index (κ1) is 15.9. The van der Waals surface area contributed by atoms with Crippen molar-refractivity contribution in [3.63, 3.8) is 0 Å². The largest absolute Gasteiger partial charge is 0.348 e. The van der Waals surface area contributed by atoms with E-state index in [0.29, 0.717) is 15.6 Å². The normalized spacial score (nSPS) is 10.0. The van der Waals surface area contributed by atoms with Gasteiger partial charge in [0.1, 0.15) is 5.82 Å². The summed E-state index contributed by atoms with van der Waals surface area (Å²) in [4.78, 5) is 12.1. The lowest BCUT2D eigenvalue weighted by Crippen LogP contribution is -2.23. The SMILES string of the molecule is N#Cc1ccc(CNC(=O)c2cc(I)ccc2Br)c(F)c1. The molecule has 0 spiro atoms. The number of nitrogens with zero attached hydrogens (tertiary/aromatic N) is 1. The number of carbonyl (C=O) groups excluding carboxylic acids is 1. The van der Waals surface area contributed by atoms with Gasteiger partial charge in [-0.05, 0) is 68.9 Å². The molecule has 0 fully saturated rings. The topological polar surface area (TPSA) is 52.9 Å². The van der Waals surface area contributed by atoms with Crippen LogP contribution in [0, 0.1) is 20.7 Å². The van der Waals surface area contributed by atoms with Crippen molar-refractivity contribution in [2.75, 3.05) is 0 Å². The Balaban J connectivity index is 2.11. The fraction of sp³-hybridized carbons (Fsp3) is 0.0667. The van der Waals surface area contributed by atoms with Crippen LogP contribution in [0.15, 0.2) is 40.9 Å². The highest BCUT2D eigenvalue weighted by atomic mass is 127. The molecule has 106 valence electrons. The van der Waals surface area contributed by atoms with Gasteiger partial charge in [-0.25, -0.2) is 4.39 Å². The van der Waals surface area contributed by atoms with Gasteiger partial charge >= 0.3 is 0 Å². The monoisotopic (exact) mass is 458 g/mol. The summed E-state index contributed by atoms with van der Waals surface area (Å²) in [6, 6.07) is 11.5. The number of nitriles is 1. The minimum atomic E-state index is -0.504. The minimum Gasteiger partial charge on any atom is -0.348 e. The zero-order chi connectivity index (χ0) is 15.4. The molecular formula is C15H9BrFIN2O. The molecule has 2 aromatic carbocycles. The predicted octanol–water partition coefficient (Wildman–Crippen LogP) is 3.99. The molecule has 0 aliphatic rings. The van der Waals surface area contributed by atoms with E-state index < -0.39 is 5.82 Å². The summed E-state index contributed by atoms with van der Waals surface area (Å²) in [6.45, 7) is 0.0638. The summed E-state index contributed by atoms with van der Waals surface area (Å²) in [5, 5.41) is 11.4. The highest BCUT2D eigenvalue weighted by Crippen LogP contribution is 2.19. The van der Waals surface area contributed by atoms with Gasteiger partial charge in [-0.15, -0.1) is 0 Å². The number of hydrogen-bond acceptors (Lipinski definition) is 2. The zero-order valence-electron chi connectivity index (χ0n) is 10.7. The molecule has 0 radical (unpaired) electrons. The first-order valence-electron chi connectivity index (χ1n) is 5.93. The first-order chi connectivity index (χ1) is 10.0. The highest BCUT2D eigenvalue weighted by Gasteiger charge is 2.11. The molecule has 3 nitrogen and oxygen atoms in total. The van der Waals surface area contributed by atoms with Crippen LogP contribution in [-0.2, 0) is 6.54 Å². The van der Waals surface area contributed by atoms with Crippen LogP contribution in [0.5, 0.6) is 0 Å². The molecule has 2 rings (SSSR count). The van der Waals surface area contributed by atoms with Gasteiger partial charge in [0, 0.05) is 20.2 Å². The van der Waals surface area contributed by atoms with Gasteiger partial charge < -0.3 is 5.32 Å². The first-order valence-corrected chi connectivity index (χ1v) is 7.80. The van der Waals surface area contributed by atoms with Crippen molar-refractivity contribution in [3.05, 3.63) is 66.9 Å². The van der Waals surface area contributed by atoms with E-state index in [9.17, 15) is 9.18 Å². The van der Waals surface area contributed by atoms with Crippen LogP contribution in [0.2, 0.25) is 0 Å². The minimum absolute atomic E-state index is 0.0638. The number of halogens is 3. The molecule has 0 aromatic heterocycles. The van der Waals surface area contributed by atoms with Gasteiger partial charge in [0.05, 0.1) is 17.2 Å². The van der Waals surface area contributed by atoms with Crippen molar-refractivity contribution in [3.8, 4) is 6.07 Å². The fourth-order valence-electron chi connectivity index (χ4n) is 1.70. The lowest BCUT2D eigenvalue weighted by Gasteiger charge is -2.08. The molecule has 0 atom stereocenters. The maximum Gasteiger partial charge on any atom is 0.252 e. The third-order valence-electron chi connectivity index (χ3n) is 2.79. The predicted molar refractivity (Wildman–Crippen MR) is 89.1 cm³/mol. The summed E-state index contributed by atoms with van der Waals surface area (Å²) in [7, 11) is 0. The number of nitrogens with one attached hydrogen (secondary N) is 1. The van der Waals surface area contributed by atoms with E-state index in [1.165, 1.54) is 12.1 Å². The molecule has 1 N–H and O–H groups in total. The molecule has 0 bridgehead atoms. The Morgan fingerprint density at radius 1 is 1.33 bits per heavy atom. The third-order valence-corrected chi connectivity index (χ3v) is 4.16. The molecule has 21 heavy (non-hydrogen) atoms. The van der Waals surface area contributed by atoms with Crippen molar-refractivity contribution in [1.82, 2.24) is 5.32 Å². The molecule has 0 saturated carbocycles. The maximum atomic E-state index is 13.7. The second-order valence-electron chi connectivity index (χ2n) is 4.22. The van der Waals surface area contributed by atoms with Crippen LogP contribution < -0.4 is 5.32 Å². The highest BCUT2D eigenvalue weighted by molar-refractivity contribution is 14.1. The molecule has 0 aliphatic carbocycles. The maximum absolute atomic E-state index is 13.7. The number of carbonyl (C=O) groups is 1. The van der Waals surface area contributed by atoms with Crippen LogP contribution in [0.3, 0.4) is 0 Å². The second-order valence-corrected chi connectivity index (χ2v) is 6.32. The fourth-order valence-corrected chi connectivity index (χ4v) is 2.62. The van der Waals surface area contributed by atoms with E-state index in [1.54, 1.807) is 12.1 Å². The van der Waals surface area contributed by atoms with Crippen LogP contribution in [0.25, 0.3) is 0 Å². The molecule has 0 aliphatic heterocycles. The Labute approximate surface area is 143 Å². The Morgan fingerprint density at radius 3 is 2.76 bits per heavy atom. The van der Waals surface area contributed by atoms with Gasteiger partial charge in [-0.1, -0.05) is 6.07 Å².